The van der Waals surface area contributed by atoms with Gasteiger partial charge in [-0.25, -0.2) is 10.5 Å². The number of nitrogens with two attached hydrogens (primary N) is 1. The van der Waals surface area contributed by atoms with Gasteiger partial charge in [0, 0.05) is 16.3 Å². The second kappa shape index (κ2) is 17.5. The average molecular weight is 820 g/mol. The van der Waals surface area contributed by atoms with Crippen molar-refractivity contribution in [3.8, 4) is 11.5 Å². The van der Waals surface area contributed by atoms with E-state index in [-0.39, 0.29) is 27.0 Å². The van der Waals surface area contributed by atoms with Crippen molar-refractivity contribution < 1.29 is 52.1 Å². The predicted octanol–water partition coefficient (Wildman–Crippen LogP) is 11.3. The van der Waals surface area contributed by atoms with Crippen LogP contribution in [-0.4, -0.2) is 35.7 Å². The minimum atomic E-state index is -4.67. The fraction of sp³-hybridized carbons (Fsp3) is 0.0857. The predicted molar refractivity (Wildman–Crippen MR) is 207 cm³/mol. The Hall–Kier alpha value is -5.59. The summed E-state index contributed by atoms with van der Waals surface area (Å²) in [5, 5.41) is 63.8. The highest BCUT2D eigenvalue weighted by atomic mass is 32.2. The number of phenolic OH excluding ortho intramolecular Hbond substituents is 1. The molecule has 0 fully saturated rings. The number of azo groups is 3. The molecule has 0 spiro atoms. The van der Waals surface area contributed by atoms with Gasteiger partial charge in [0.05, 0.1) is 64.5 Å². The number of nitrogen functional groups attached to an aromatic ring is 1. The largest absolute Gasteiger partial charge is 0.505 e. The Morgan fingerprint density at radius 3 is 1.95 bits per heavy atom. The number of methoxy groups -OCH3 is 1. The third-order valence-corrected chi connectivity index (χ3v) is 10.3. The van der Waals surface area contributed by atoms with Crippen LogP contribution in [0.1, 0.15) is 11.1 Å². The Balaban J connectivity index is 1.22. The third-order valence-electron chi connectivity index (χ3n) is 8.07. The molecule has 0 aromatic heterocycles. The van der Waals surface area contributed by atoms with Crippen LogP contribution in [0, 0.1) is 13.8 Å². The van der Waals surface area contributed by atoms with E-state index in [0.29, 0.717) is 57.4 Å². The molecule has 6 rings (SSSR count). The van der Waals surface area contributed by atoms with Crippen LogP contribution in [0.5, 0.6) is 11.5 Å². The number of aryl methyl sites for hydroxylation is 2. The van der Waals surface area contributed by atoms with Crippen molar-refractivity contribution in [1.29, 1.82) is 0 Å². The van der Waals surface area contributed by atoms with Crippen LogP contribution >= 0.6 is 24.1 Å². The van der Waals surface area contributed by atoms with Crippen molar-refractivity contribution in [3.63, 3.8) is 0 Å². The highest BCUT2D eigenvalue weighted by molar-refractivity contribution is 7.95. The number of rotatable bonds is 14. The van der Waals surface area contributed by atoms with Gasteiger partial charge in [0.15, 0.2) is 5.75 Å². The Morgan fingerprint density at radius 1 is 0.661 bits per heavy atom. The van der Waals surface area contributed by atoms with Gasteiger partial charge in [-0.2, -0.15) is 28.9 Å². The van der Waals surface area contributed by atoms with E-state index in [1.54, 1.807) is 50.2 Å². The molecule has 6 aromatic rings. The summed E-state index contributed by atoms with van der Waals surface area (Å²) < 4.78 is 47.8. The van der Waals surface area contributed by atoms with E-state index in [9.17, 15) is 18.1 Å². The summed E-state index contributed by atoms with van der Waals surface area (Å²) in [4.78, 5) is 0.252. The maximum absolute atomic E-state index is 11.8. The fourth-order valence-corrected chi connectivity index (χ4v) is 7.03. The standard InChI is InChI=1S/C35H29N7O11S3/c1-18-12-29(41-42-34-32(55-53-51-45)14-21-15-33(56(46,47)48)26(36)17-25(21)35(34)43)19(2)11-28(18)40-39-27-10-8-23(16-30(27)49-3)38-37-22-7-9-24-20(13-22)5-4-6-31(24)54-52-50-44/h4-17,43-45H,36H2,1-3H3,(H,46,47,48). The quantitative estimate of drug-likeness (QED) is 0.0171. The van der Waals surface area contributed by atoms with Gasteiger partial charge in [0.1, 0.15) is 22.0 Å². The molecule has 0 amide bonds. The van der Waals surface area contributed by atoms with Crippen molar-refractivity contribution >= 4 is 95.6 Å². The lowest BCUT2D eigenvalue weighted by atomic mass is 10.1. The first-order chi connectivity index (χ1) is 26.9. The highest BCUT2D eigenvalue weighted by Gasteiger charge is 2.21. The van der Waals surface area contributed by atoms with Crippen molar-refractivity contribution in [2.45, 2.75) is 28.5 Å². The number of ether oxygens (including phenoxy) is 1. The summed E-state index contributed by atoms with van der Waals surface area (Å²) in [5.74, 6) is -0.0266. The van der Waals surface area contributed by atoms with Crippen molar-refractivity contribution in [1.82, 2.24) is 0 Å². The summed E-state index contributed by atoms with van der Waals surface area (Å²) in [5.41, 5.74) is 9.27. The molecule has 18 nitrogen and oxygen atoms in total. The molecule has 0 unspecified atom stereocenters. The Morgan fingerprint density at radius 2 is 1.29 bits per heavy atom. The SMILES string of the molecule is COc1cc(N=Nc2ccc3c(SOOO)cccc3c2)ccc1N=Nc1cc(C)c(N=Nc2c(SOOO)cc3cc(S(=O)(=O)O)c(N)cc3c2O)cc1C. The minimum absolute atomic E-state index is 0.0737. The van der Waals surface area contributed by atoms with Crippen LogP contribution in [-0.2, 0) is 28.9 Å². The molecule has 0 atom stereocenters. The lowest BCUT2D eigenvalue weighted by Crippen LogP contribution is -2.03. The number of hydrogen-bond acceptors (Lipinski definition) is 19. The van der Waals surface area contributed by atoms with E-state index in [2.05, 4.69) is 49.4 Å². The van der Waals surface area contributed by atoms with Gasteiger partial charge in [0.25, 0.3) is 10.1 Å². The molecule has 6 aromatic carbocycles. The van der Waals surface area contributed by atoms with Crippen LogP contribution in [0.4, 0.5) is 39.8 Å². The maximum Gasteiger partial charge on any atom is 0.296 e. The van der Waals surface area contributed by atoms with E-state index in [0.717, 1.165) is 33.8 Å². The lowest BCUT2D eigenvalue weighted by Gasteiger charge is -2.11. The molecular weight excluding hydrogens is 791 g/mol. The van der Waals surface area contributed by atoms with E-state index in [1.807, 2.05) is 30.3 Å². The monoisotopic (exact) mass is 819 g/mol. The van der Waals surface area contributed by atoms with Gasteiger partial charge in [-0.15, -0.1) is 18.9 Å². The molecule has 0 heterocycles. The van der Waals surface area contributed by atoms with Crippen molar-refractivity contribution in [2.75, 3.05) is 12.8 Å². The van der Waals surface area contributed by atoms with Crippen LogP contribution in [0.25, 0.3) is 21.5 Å². The number of aromatic hydroxyl groups is 1. The molecule has 0 saturated heterocycles. The van der Waals surface area contributed by atoms with Crippen LogP contribution < -0.4 is 10.5 Å². The number of phenols is 1. The molecule has 0 aliphatic rings. The van der Waals surface area contributed by atoms with Crippen LogP contribution in [0.3, 0.4) is 0 Å². The summed E-state index contributed by atoms with van der Waals surface area (Å²) in [7, 11) is -3.17. The minimum Gasteiger partial charge on any atom is -0.505 e. The second-order valence-electron chi connectivity index (χ2n) is 11.7. The Labute approximate surface area is 326 Å². The number of nitrogens with zero attached hydrogens (tertiary/aromatic N) is 6. The zero-order valence-corrected chi connectivity index (χ0v) is 31.7. The smallest absolute Gasteiger partial charge is 0.296 e. The zero-order chi connectivity index (χ0) is 40.0. The summed E-state index contributed by atoms with van der Waals surface area (Å²) in [6, 6.07) is 23.3. The van der Waals surface area contributed by atoms with Gasteiger partial charge in [-0.05, 0) is 102 Å². The molecule has 6 N–H and O–H groups in total. The summed E-state index contributed by atoms with van der Waals surface area (Å²) in [6.07, 6.45) is 0. The fourth-order valence-electron chi connectivity index (χ4n) is 5.39. The van der Waals surface area contributed by atoms with Gasteiger partial charge in [-0.1, -0.05) is 28.3 Å². The Kier molecular flexibility index (Phi) is 12.5. The molecule has 0 bridgehead atoms. The van der Waals surface area contributed by atoms with Crippen LogP contribution in [0.2, 0.25) is 0 Å². The number of hydrogen-bond donors (Lipinski definition) is 5. The first-order valence-electron chi connectivity index (χ1n) is 15.8. The molecular formula is C35H29N7O11S3. The molecule has 21 heteroatoms. The van der Waals surface area contributed by atoms with Gasteiger partial charge in [0.2, 0.25) is 0 Å². The maximum atomic E-state index is 11.8. The van der Waals surface area contributed by atoms with E-state index in [4.69, 9.17) is 21.0 Å². The Bertz CT molecular complexity index is 2660. The zero-order valence-electron chi connectivity index (χ0n) is 29.2. The van der Waals surface area contributed by atoms with E-state index < -0.39 is 20.8 Å². The molecule has 0 saturated carbocycles. The average Bonchev–Trinajstić information content (AvgIpc) is 3.18. The molecule has 56 heavy (non-hydrogen) atoms. The first-order valence-corrected chi connectivity index (χ1v) is 18.8. The summed E-state index contributed by atoms with van der Waals surface area (Å²) in [6.45, 7) is 3.57. The summed E-state index contributed by atoms with van der Waals surface area (Å²) >= 11 is 1.33. The number of benzene rings is 6. The van der Waals surface area contributed by atoms with E-state index in [1.165, 1.54) is 19.2 Å². The molecule has 288 valence electrons. The van der Waals surface area contributed by atoms with Gasteiger partial charge >= 0.3 is 0 Å². The highest BCUT2D eigenvalue weighted by Crippen LogP contribution is 2.46. The lowest BCUT2D eigenvalue weighted by molar-refractivity contribution is -0.432. The first kappa shape index (κ1) is 40.1. The number of anilines is 1. The topological polar surface area (TPSA) is 261 Å². The van der Waals surface area contributed by atoms with Crippen molar-refractivity contribution in [3.05, 3.63) is 96.1 Å². The molecule has 0 radical (unpaired) electrons. The number of fused-ring (bicyclic) bond motifs is 2. The second-order valence-corrected chi connectivity index (χ2v) is 14.5. The van der Waals surface area contributed by atoms with Gasteiger partial charge in [-0.3, -0.25) is 4.55 Å². The molecule has 0 aliphatic heterocycles. The van der Waals surface area contributed by atoms with Gasteiger partial charge < -0.3 is 15.6 Å². The normalized spacial score (nSPS) is 12.2. The van der Waals surface area contributed by atoms with Crippen molar-refractivity contribution in [2.24, 2.45) is 30.7 Å². The van der Waals surface area contributed by atoms with E-state index >= 15 is 0 Å². The molecule has 0 aliphatic carbocycles. The van der Waals surface area contributed by atoms with Crippen LogP contribution in [0.15, 0.2) is 130 Å². The third kappa shape index (κ3) is 9.09.